The van der Waals surface area contributed by atoms with Crippen molar-refractivity contribution in [1.29, 1.82) is 0 Å². The van der Waals surface area contributed by atoms with E-state index in [0.717, 1.165) is 5.01 Å². The van der Waals surface area contributed by atoms with Gasteiger partial charge in [0.1, 0.15) is 5.75 Å². The molecule has 12 nitrogen and oxygen atoms in total. The lowest BCUT2D eigenvalue weighted by Gasteiger charge is -2.50. The molecule has 2 heterocycles. The Kier molecular flexibility index (Phi) is 8.35. The van der Waals surface area contributed by atoms with Crippen LogP contribution in [0.2, 0.25) is 10.0 Å². The second-order valence-electron chi connectivity index (χ2n) is 12.6. The van der Waals surface area contributed by atoms with Crippen molar-refractivity contribution in [2.45, 2.75) is 24.2 Å². The first-order valence-corrected chi connectivity index (χ1v) is 17.1. The zero-order chi connectivity index (χ0) is 35.8. The number of rotatable bonds is 6. The molecule has 3 fully saturated rings. The molecule has 258 valence electrons. The molecule has 50 heavy (non-hydrogen) atoms. The van der Waals surface area contributed by atoms with E-state index in [1.165, 1.54) is 26.4 Å². The molecule has 0 aromatic heterocycles. The largest absolute Gasteiger partial charge is 0.504 e. The number of carbonyl (C=O) groups is 5. The zero-order valence-electron chi connectivity index (χ0n) is 26.5. The number of nitrogens with two attached hydrogens (primary N) is 1. The van der Waals surface area contributed by atoms with Crippen molar-refractivity contribution in [3.05, 3.63) is 91.9 Å². The lowest BCUT2D eigenvalue weighted by molar-refractivity contribution is -0.139. The number of halogens is 3. The minimum absolute atomic E-state index is 0.0514. The number of urea groups is 1. The summed E-state index contributed by atoms with van der Waals surface area (Å²) in [6.45, 7) is 0. The monoisotopic (exact) mass is 782 g/mol. The second kappa shape index (κ2) is 12.3. The molecule has 6 atom stereocenters. The first-order valence-electron chi connectivity index (χ1n) is 15.5. The number of allylic oxidation sites excluding steroid dienone is 2. The molecule has 0 spiro atoms. The number of ether oxygens (including phenoxy) is 2. The van der Waals surface area contributed by atoms with Crippen molar-refractivity contribution in [3.8, 4) is 17.2 Å². The Labute approximate surface area is 304 Å². The number of carbonyl (C=O) groups excluding carboxylic acids is 5. The van der Waals surface area contributed by atoms with E-state index < -0.39 is 64.7 Å². The van der Waals surface area contributed by atoms with Gasteiger partial charge in [0, 0.05) is 21.0 Å². The van der Waals surface area contributed by atoms with E-state index in [9.17, 15) is 24.3 Å². The van der Waals surface area contributed by atoms with Crippen LogP contribution in [0.4, 0.5) is 10.5 Å². The van der Waals surface area contributed by atoms with Crippen LogP contribution in [-0.4, -0.2) is 58.9 Å². The summed E-state index contributed by atoms with van der Waals surface area (Å²) in [6, 6.07) is 13.3. The molecule has 6 amide bonds. The predicted molar refractivity (Wildman–Crippen MR) is 184 cm³/mol. The van der Waals surface area contributed by atoms with Crippen molar-refractivity contribution < 1.29 is 38.6 Å². The van der Waals surface area contributed by atoms with Gasteiger partial charge in [0.05, 0.1) is 48.1 Å². The molecule has 2 aliphatic carbocycles. The van der Waals surface area contributed by atoms with Gasteiger partial charge < -0.3 is 20.3 Å². The quantitative estimate of drug-likeness (QED) is 0.215. The molecule has 1 saturated carbocycles. The Morgan fingerprint density at radius 2 is 1.70 bits per heavy atom. The van der Waals surface area contributed by atoms with Gasteiger partial charge in [0.15, 0.2) is 11.5 Å². The van der Waals surface area contributed by atoms with Gasteiger partial charge in [-0.05, 0) is 66.8 Å². The lowest BCUT2D eigenvalue weighted by atomic mass is 9.49. The number of aromatic hydroxyl groups is 1. The molecule has 4 aliphatic rings. The number of hydrazine groups is 1. The number of primary amides is 1. The normalized spacial score (nSPS) is 27.1. The molecule has 4 N–H and O–H groups in total. The highest BCUT2D eigenvalue weighted by Gasteiger charge is 2.71. The summed E-state index contributed by atoms with van der Waals surface area (Å²) in [4.78, 5) is 70.0. The molecular weight excluding hydrogens is 755 g/mol. The summed E-state index contributed by atoms with van der Waals surface area (Å²) < 4.78 is 11.4. The number of anilines is 1. The Bertz CT molecular complexity index is 2040. The average molecular weight is 784 g/mol. The first kappa shape index (κ1) is 33.9. The van der Waals surface area contributed by atoms with E-state index in [4.69, 9.17) is 38.4 Å². The number of benzene rings is 3. The van der Waals surface area contributed by atoms with Crippen LogP contribution in [0.25, 0.3) is 0 Å². The van der Waals surface area contributed by atoms with E-state index in [2.05, 4.69) is 21.4 Å². The van der Waals surface area contributed by atoms with Crippen LogP contribution < -0.4 is 20.6 Å². The molecule has 0 radical (unpaired) electrons. The summed E-state index contributed by atoms with van der Waals surface area (Å²) in [5.74, 6) is -7.43. The van der Waals surface area contributed by atoms with Crippen LogP contribution in [0.5, 0.6) is 17.2 Å². The Balaban J connectivity index is 1.51. The van der Waals surface area contributed by atoms with Crippen LogP contribution in [0.3, 0.4) is 0 Å². The van der Waals surface area contributed by atoms with Gasteiger partial charge in [0.2, 0.25) is 11.8 Å². The van der Waals surface area contributed by atoms with E-state index in [1.807, 2.05) is 0 Å². The number of nitrogens with one attached hydrogen (secondary N) is 1. The fraction of sp³-hybridized carbons (Fsp3) is 0.286. The zero-order valence-corrected chi connectivity index (χ0v) is 29.6. The molecule has 2 saturated heterocycles. The van der Waals surface area contributed by atoms with Crippen molar-refractivity contribution in [2.24, 2.45) is 29.4 Å². The van der Waals surface area contributed by atoms with Crippen molar-refractivity contribution in [2.75, 3.05) is 19.6 Å². The fourth-order valence-electron chi connectivity index (χ4n) is 8.38. The summed E-state index contributed by atoms with van der Waals surface area (Å²) in [5, 5.41) is 13.2. The molecule has 2 aliphatic heterocycles. The standard InChI is InChI=1S/C35H29BrCl2N4O8/c1-49-18-6-3-15(4-7-18)35-23(31(45)42(33(35)47)40-25-10-5-17(37)13-24(25)38)14-21-19(28(35)22-11-16(36)12-26(50-2)29(22)43)8-9-20-27(21)32(46)41(30(20)44)34(39)48/h3-8,10-13,20-21,23,27-28,40,43H,9,14H2,1-2H3,(H2,39,48)/t20-,21+,23-,27-,28+,35+/m0/s1. The highest BCUT2D eigenvalue weighted by Crippen LogP contribution is 2.65. The van der Waals surface area contributed by atoms with Crippen LogP contribution in [-0.2, 0) is 24.6 Å². The van der Waals surface area contributed by atoms with Crippen LogP contribution in [0.15, 0.2) is 70.7 Å². The van der Waals surface area contributed by atoms with Gasteiger partial charge in [-0.1, -0.05) is 62.9 Å². The number of methoxy groups -OCH3 is 2. The van der Waals surface area contributed by atoms with Crippen LogP contribution >= 0.6 is 39.1 Å². The number of phenols is 1. The van der Waals surface area contributed by atoms with E-state index in [1.54, 1.807) is 48.5 Å². The predicted octanol–water partition coefficient (Wildman–Crippen LogP) is 5.54. The van der Waals surface area contributed by atoms with Crippen molar-refractivity contribution >= 4 is 74.5 Å². The average Bonchev–Trinajstić information content (AvgIpc) is 3.47. The number of fused-ring (bicyclic) bond motifs is 4. The topological polar surface area (TPSA) is 169 Å². The molecule has 15 heteroatoms. The highest BCUT2D eigenvalue weighted by atomic mass is 79.9. The van der Waals surface area contributed by atoms with Gasteiger partial charge in [-0.15, -0.1) is 0 Å². The lowest BCUT2D eigenvalue weighted by Crippen LogP contribution is -2.53. The maximum atomic E-state index is 15.3. The molecule has 7 rings (SSSR count). The van der Waals surface area contributed by atoms with Crippen molar-refractivity contribution in [3.63, 3.8) is 0 Å². The summed E-state index contributed by atoms with van der Waals surface area (Å²) in [7, 11) is 2.88. The third-order valence-electron chi connectivity index (χ3n) is 10.4. The summed E-state index contributed by atoms with van der Waals surface area (Å²) in [6.07, 6.45) is 1.79. The maximum Gasteiger partial charge on any atom is 0.328 e. The minimum atomic E-state index is -1.72. The number of likely N-dealkylation sites (tertiary alicyclic amines) is 1. The minimum Gasteiger partial charge on any atom is -0.504 e. The SMILES string of the molecule is COc1ccc([C@@]23C(=O)N(Nc4ccc(Cl)cc4Cl)C(=O)[C@@H]2C[C@@H]2C(=CC[C@@H]4C(=O)N(C(N)=O)C(=O)[C@@H]42)[C@@H]3c2cc(Br)cc(OC)c2O)cc1. The number of phenolic OH excluding ortho intramolecular Hbond substituents is 1. The number of imide groups is 4. The maximum absolute atomic E-state index is 15.3. The van der Waals surface area contributed by atoms with Gasteiger partial charge >= 0.3 is 6.03 Å². The molecule has 3 aromatic rings. The Morgan fingerprint density at radius 1 is 0.980 bits per heavy atom. The number of nitrogens with zero attached hydrogens (tertiary/aromatic N) is 2. The Morgan fingerprint density at radius 3 is 2.34 bits per heavy atom. The van der Waals surface area contributed by atoms with E-state index in [-0.39, 0.29) is 40.6 Å². The number of hydrogen-bond donors (Lipinski definition) is 3. The van der Waals surface area contributed by atoms with Gasteiger partial charge in [-0.2, -0.15) is 9.91 Å². The number of hydrogen-bond acceptors (Lipinski definition) is 9. The third-order valence-corrected chi connectivity index (χ3v) is 11.4. The molecule has 3 aromatic carbocycles. The Hall–Kier alpha value is -4.59. The molecule has 0 bridgehead atoms. The summed E-state index contributed by atoms with van der Waals surface area (Å²) >= 11 is 16.1. The summed E-state index contributed by atoms with van der Waals surface area (Å²) in [5.41, 5.74) is 8.12. The van der Waals surface area contributed by atoms with Crippen LogP contribution in [0.1, 0.15) is 29.9 Å². The van der Waals surface area contributed by atoms with Gasteiger partial charge in [-0.25, -0.2) is 4.79 Å². The first-order chi connectivity index (χ1) is 23.8. The molecule has 0 unspecified atom stereocenters. The van der Waals surface area contributed by atoms with Gasteiger partial charge in [-0.3, -0.25) is 24.6 Å². The number of amides is 6. The highest BCUT2D eigenvalue weighted by molar-refractivity contribution is 9.10. The van der Waals surface area contributed by atoms with E-state index in [0.29, 0.717) is 31.3 Å². The smallest absolute Gasteiger partial charge is 0.328 e. The second-order valence-corrected chi connectivity index (χ2v) is 14.4. The molecular formula is C35H29BrCl2N4O8. The fourth-order valence-corrected chi connectivity index (χ4v) is 9.28. The van der Waals surface area contributed by atoms with Crippen molar-refractivity contribution in [1.82, 2.24) is 9.91 Å². The van der Waals surface area contributed by atoms with Gasteiger partial charge in [0.25, 0.3) is 11.8 Å². The third kappa shape index (κ3) is 4.81. The van der Waals surface area contributed by atoms with E-state index >= 15 is 4.79 Å². The van der Waals surface area contributed by atoms with Crippen LogP contribution in [0, 0.1) is 23.7 Å².